The molecular formula is C17H30N2O2. The van der Waals surface area contributed by atoms with Gasteiger partial charge in [0.1, 0.15) is 0 Å². The molecule has 0 aliphatic carbocycles. The van der Waals surface area contributed by atoms with Crippen molar-refractivity contribution in [3.63, 3.8) is 0 Å². The molecule has 1 aromatic rings. The molecule has 0 bridgehead atoms. The summed E-state index contributed by atoms with van der Waals surface area (Å²) in [5, 5.41) is 0. The summed E-state index contributed by atoms with van der Waals surface area (Å²) in [5.41, 5.74) is 4.06. The Morgan fingerprint density at radius 1 is 1.05 bits per heavy atom. The summed E-state index contributed by atoms with van der Waals surface area (Å²) >= 11 is 0. The van der Waals surface area contributed by atoms with Crippen LogP contribution in [0.2, 0.25) is 0 Å². The lowest BCUT2D eigenvalue weighted by atomic mass is 9.98. The van der Waals surface area contributed by atoms with Crippen molar-refractivity contribution in [2.24, 2.45) is 11.8 Å². The van der Waals surface area contributed by atoms with Crippen LogP contribution in [-0.4, -0.2) is 13.2 Å². The van der Waals surface area contributed by atoms with E-state index >= 15 is 0 Å². The number of nitrogens with two attached hydrogens (primary N) is 1. The minimum absolute atomic E-state index is 0.152. The molecule has 1 atom stereocenters. The van der Waals surface area contributed by atoms with Crippen molar-refractivity contribution in [2.75, 3.05) is 13.2 Å². The molecule has 1 aromatic carbocycles. The maximum atomic E-state index is 5.72. The van der Waals surface area contributed by atoms with Crippen LogP contribution in [0.15, 0.2) is 18.2 Å². The zero-order chi connectivity index (χ0) is 15.7. The second kappa shape index (κ2) is 9.64. The van der Waals surface area contributed by atoms with Crippen LogP contribution in [-0.2, 0) is 0 Å². The Labute approximate surface area is 129 Å². The molecule has 0 aromatic heterocycles. The van der Waals surface area contributed by atoms with E-state index in [0.717, 1.165) is 35.8 Å². The molecule has 0 saturated carbocycles. The lowest BCUT2D eigenvalue weighted by Gasteiger charge is -2.19. The average molecular weight is 294 g/mol. The van der Waals surface area contributed by atoms with Crippen LogP contribution < -0.4 is 20.7 Å². The van der Waals surface area contributed by atoms with E-state index in [-0.39, 0.29) is 6.04 Å². The number of hydrazine groups is 1. The van der Waals surface area contributed by atoms with Crippen LogP contribution in [0.1, 0.15) is 58.6 Å². The quantitative estimate of drug-likeness (QED) is 0.509. The van der Waals surface area contributed by atoms with E-state index in [2.05, 4.69) is 25.3 Å². The summed E-state index contributed by atoms with van der Waals surface area (Å²) in [6.07, 6.45) is 3.39. The van der Waals surface area contributed by atoms with E-state index < -0.39 is 0 Å². The van der Waals surface area contributed by atoms with E-state index in [9.17, 15) is 0 Å². The van der Waals surface area contributed by atoms with Crippen LogP contribution in [0.3, 0.4) is 0 Å². The van der Waals surface area contributed by atoms with Crippen molar-refractivity contribution < 1.29 is 9.47 Å². The van der Waals surface area contributed by atoms with Crippen LogP contribution in [0, 0.1) is 5.92 Å². The summed E-state index contributed by atoms with van der Waals surface area (Å²) < 4.78 is 11.3. The van der Waals surface area contributed by atoms with Gasteiger partial charge in [0.25, 0.3) is 0 Å². The monoisotopic (exact) mass is 294 g/mol. The number of nitrogens with one attached hydrogen (secondary N) is 1. The molecule has 1 rings (SSSR count). The SMILES string of the molecule is CCOc1ccc(C(CCCC(C)C)NN)cc1OCC. The smallest absolute Gasteiger partial charge is 0.161 e. The molecule has 4 nitrogen and oxygen atoms in total. The first-order valence-electron chi connectivity index (χ1n) is 7.98. The molecule has 4 heteroatoms. The molecule has 0 heterocycles. The van der Waals surface area contributed by atoms with Gasteiger partial charge in [-0.1, -0.05) is 32.8 Å². The first-order chi connectivity index (χ1) is 10.1. The average Bonchev–Trinajstić information content (AvgIpc) is 2.46. The van der Waals surface area contributed by atoms with Crippen molar-refractivity contribution in [3.8, 4) is 11.5 Å². The molecule has 0 spiro atoms. The van der Waals surface area contributed by atoms with E-state index in [4.69, 9.17) is 15.3 Å². The van der Waals surface area contributed by atoms with Crippen LogP contribution >= 0.6 is 0 Å². The Kier molecular flexibility index (Phi) is 8.16. The summed E-state index contributed by atoms with van der Waals surface area (Å²) in [7, 11) is 0. The van der Waals surface area contributed by atoms with E-state index in [0.29, 0.717) is 13.2 Å². The van der Waals surface area contributed by atoms with Crippen molar-refractivity contribution >= 4 is 0 Å². The first kappa shape index (κ1) is 17.8. The third kappa shape index (κ3) is 5.94. The van der Waals surface area contributed by atoms with Gasteiger partial charge in [-0.25, -0.2) is 0 Å². The van der Waals surface area contributed by atoms with E-state index in [1.807, 2.05) is 26.0 Å². The van der Waals surface area contributed by atoms with Gasteiger partial charge >= 0.3 is 0 Å². The van der Waals surface area contributed by atoms with Crippen molar-refractivity contribution in [3.05, 3.63) is 23.8 Å². The maximum Gasteiger partial charge on any atom is 0.161 e. The zero-order valence-electron chi connectivity index (χ0n) is 13.8. The fraction of sp³-hybridized carbons (Fsp3) is 0.647. The Hall–Kier alpha value is -1.26. The molecule has 1 unspecified atom stereocenters. The minimum Gasteiger partial charge on any atom is -0.490 e. The third-order valence-corrected chi connectivity index (χ3v) is 3.45. The topological polar surface area (TPSA) is 56.5 Å². The number of benzene rings is 1. The van der Waals surface area contributed by atoms with Gasteiger partial charge in [-0.15, -0.1) is 0 Å². The number of hydrogen-bond acceptors (Lipinski definition) is 4. The van der Waals surface area contributed by atoms with Gasteiger partial charge in [-0.2, -0.15) is 0 Å². The highest BCUT2D eigenvalue weighted by molar-refractivity contribution is 5.44. The first-order valence-corrected chi connectivity index (χ1v) is 7.98. The molecule has 3 N–H and O–H groups in total. The highest BCUT2D eigenvalue weighted by Crippen LogP contribution is 2.32. The number of ether oxygens (including phenoxy) is 2. The molecule has 120 valence electrons. The van der Waals surface area contributed by atoms with Gasteiger partial charge in [-0.3, -0.25) is 11.3 Å². The van der Waals surface area contributed by atoms with Crippen LogP contribution in [0.4, 0.5) is 0 Å². The van der Waals surface area contributed by atoms with E-state index in [1.54, 1.807) is 0 Å². The molecule has 0 fully saturated rings. The third-order valence-electron chi connectivity index (χ3n) is 3.45. The molecule has 21 heavy (non-hydrogen) atoms. The van der Waals surface area contributed by atoms with Gasteiger partial charge in [-0.05, 0) is 43.9 Å². The lowest BCUT2D eigenvalue weighted by molar-refractivity contribution is 0.287. The highest BCUT2D eigenvalue weighted by atomic mass is 16.5. The molecule has 0 saturated heterocycles. The molecule has 0 aliphatic heterocycles. The Bertz CT molecular complexity index is 408. The largest absolute Gasteiger partial charge is 0.490 e. The van der Waals surface area contributed by atoms with Gasteiger partial charge in [0.15, 0.2) is 11.5 Å². The fourth-order valence-electron chi connectivity index (χ4n) is 2.36. The number of rotatable bonds is 10. The Morgan fingerprint density at radius 3 is 2.29 bits per heavy atom. The highest BCUT2D eigenvalue weighted by Gasteiger charge is 2.13. The number of hydrogen-bond donors (Lipinski definition) is 2. The normalized spacial score (nSPS) is 12.5. The van der Waals surface area contributed by atoms with Crippen LogP contribution in [0.25, 0.3) is 0 Å². The van der Waals surface area contributed by atoms with Gasteiger partial charge in [0.05, 0.1) is 13.2 Å². The standard InChI is InChI=1S/C17H30N2O2/c1-5-20-16-11-10-14(12-17(16)21-6-2)15(19-18)9-7-8-13(3)4/h10-13,15,19H,5-9,18H2,1-4H3. The van der Waals surface area contributed by atoms with Crippen molar-refractivity contribution in [1.29, 1.82) is 0 Å². The molecular weight excluding hydrogens is 264 g/mol. The summed E-state index contributed by atoms with van der Waals surface area (Å²) in [4.78, 5) is 0. The maximum absolute atomic E-state index is 5.72. The fourth-order valence-corrected chi connectivity index (χ4v) is 2.36. The summed E-state index contributed by atoms with van der Waals surface area (Å²) in [6.45, 7) is 9.69. The van der Waals surface area contributed by atoms with E-state index in [1.165, 1.54) is 6.42 Å². The molecule has 0 amide bonds. The second-order valence-corrected chi connectivity index (χ2v) is 5.62. The minimum atomic E-state index is 0.152. The Morgan fingerprint density at radius 2 is 1.71 bits per heavy atom. The van der Waals surface area contributed by atoms with Gasteiger partial charge in [0, 0.05) is 6.04 Å². The van der Waals surface area contributed by atoms with Crippen molar-refractivity contribution in [1.82, 2.24) is 5.43 Å². The van der Waals surface area contributed by atoms with Crippen LogP contribution in [0.5, 0.6) is 11.5 Å². The zero-order valence-corrected chi connectivity index (χ0v) is 13.8. The van der Waals surface area contributed by atoms with Gasteiger partial charge < -0.3 is 9.47 Å². The predicted molar refractivity (Wildman–Crippen MR) is 87.5 cm³/mol. The van der Waals surface area contributed by atoms with Gasteiger partial charge in [0.2, 0.25) is 0 Å². The summed E-state index contributed by atoms with van der Waals surface area (Å²) in [6, 6.07) is 6.22. The second-order valence-electron chi connectivity index (χ2n) is 5.62. The molecule has 0 radical (unpaired) electrons. The van der Waals surface area contributed by atoms with Crippen molar-refractivity contribution in [2.45, 2.75) is 53.0 Å². The summed E-state index contributed by atoms with van der Waals surface area (Å²) in [5.74, 6) is 8.03. The Balaban J connectivity index is 2.81. The predicted octanol–water partition coefficient (Wildman–Crippen LogP) is 3.81. The molecule has 0 aliphatic rings. The lowest BCUT2D eigenvalue weighted by Crippen LogP contribution is -2.28.